The van der Waals surface area contributed by atoms with Gasteiger partial charge in [-0.25, -0.2) is 0 Å². The van der Waals surface area contributed by atoms with Crippen molar-refractivity contribution in [1.82, 2.24) is 0 Å². The fraction of sp³-hybridized carbons (Fsp3) is 0.787. The Labute approximate surface area is 415 Å². The topological polar surface area (TPSA) is 78.9 Å². The Hall–Kier alpha value is -2.89. The third-order valence-electron chi connectivity index (χ3n) is 12.5. The van der Waals surface area contributed by atoms with Gasteiger partial charge in [0.2, 0.25) is 0 Å². The van der Waals surface area contributed by atoms with Gasteiger partial charge in [-0.3, -0.25) is 14.4 Å². The van der Waals surface area contributed by atoms with Crippen LogP contribution >= 0.6 is 0 Å². The highest BCUT2D eigenvalue weighted by atomic mass is 16.6. The highest BCUT2D eigenvalue weighted by Crippen LogP contribution is 2.15. The van der Waals surface area contributed by atoms with Crippen molar-refractivity contribution < 1.29 is 28.6 Å². The summed E-state index contributed by atoms with van der Waals surface area (Å²) in [5.41, 5.74) is 0. The van der Waals surface area contributed by atoms with Crippen molar-refractivity contribution in [3.8, 4) is 0 Å². The average Bonchev–Trinajstić information content (AvgIpc) is 3.33. The van der Waals surface area contributed by atoms with E-state index in [1.54, 1.807) is 0 Å². The van der Waals surface area contributed by atoms with E-state index >= 15 is 0 Å². The molecule has 6 heteroatoms. The predicted molar refractivity (Wildman–Crippen MR) is 288 cm³/mol. The first-order valence-corrected chi connectivity index (χ1v) is 28.8. The Kier molecular flexibility index (Phi) is 53.3. The van der Waals surface area contributed by atoms with Crippen LogP contribution in [0.15, 0.2) is 60.8 Å². The molecule has 0 aromatic heterocycles. The van der Waals surface area contributed by atoms with E-state index in [9.17, 15) is 14.4 Å². The molecule has 0 bridgehead atoms. The minimum Gasteiger partial charge on any atom is -0.462 e. The van der Waals surface area contributed by atoms with E-state index in [1.807, 2.05) is 0 Å². The molecule has 0 aromatic carbocycles. The van der Waals surface area contributed by atoms with E-state index in [4.69, 9.17) is 14.2 Å². The lowest BCUT2D eigenvalue weighted by Gasteiger charge is -2.18. The summed E-state index contributed by atoms with van der Waals surface area (Å²) in [4.78, 5) is 37.9. The SMILES string of the molecule is CCCCCC/C=C\C/C=C\CCCCCCCCCC(=O)OC(COC(=O)CCCCCCCC)COC(=O)CCCCCCCCCCCC/C=C\C/C=C\C/C=C\CCCCCCC. The van der Waals surface area contributed by atoms with Crippen molar-refractivity contribution in [3.05, 3.63) is 60.8 Å². The molecule has 6 nitrogen and oxygen atoms in total. The smallest absolute Gasteiger partial charge is 0.306 e. The molecule has 0 spiro atoms. The minimum absolute atomic E-state index is 0.0780. The van der Waals surface area contributed by atoms with Gasteiger partial charge >= 0.3 is 17.9 Å². The Morgan fingerprint density at radius 1 is 0.299 bits per heavy atom. The zero-order valence-corrected chi connectivity index (χ0v) is 44.4. The first-order chi connectivity index (χ1) is 33.0. The largest absolute Gasteiger partial charge is 0.462 e. The monoisotopic (exact) mass is 937 g/mol. The van der Waals surface area contributed by atoms with Gasteiger partial charge in [0.1, 0.15) is 13.2 Å². The summed E-state index contributed by atoms with van der Waals surface area (Å²) in [5.74, 6) is -0.891. The van der Waals surface area contributed by atoms with Gasteiger partial charge in [-0.15, -0.1) is 0 Å². The second-order valence-electron chi connectivity index (χ2n) is 19.2. The maximum Gasteiger partial charge on any atom is 0.306 e. The van der Waals surface area contributed by atoms with Crippen molar-refractivity contribution in [3.63, 3.8) is 0 Å². The van der Waals surface area contributed by atoms with Crippen LogP contribution < -0.4 is 0 Å². The van der Waals surface area contributed by atoms with Crippen molar-refractivity contribution in [2.24, 2.45) is 0 Å². The number of carbonyl (C=O) groups is 3. The van der Waals surface area contributed by atoms with Crippen LogP contribution in [-0.2, 0) is 28.6 Å². The van der Waals surface area contributed by atoms with Crippen LogP contribution in [-0.4, -0.2) is 37.2 Å². The lowest BCUT2D eigenvalue weighted by molar-refractivity contribution is -0.167. The molecule has 0 aliphatic rings. The van der Waals surface area contributed by atoms with Crippen molar-refractivity contribution in [2.75, 3.05) is 13.2 Å². The summed E-state index contributed by atoms with van der Waals surface area (Å²) in [5, 5.41) is 0. The molecule has 1 unspecified atom stereocenters. The van der Waals surface area contributed by atoms with E-state index in [1.165, 1.54) is 167 Å². The number of unbranched alkanes of at least 4 members (excludes halogenated alkanes) is 31. The summed E-state index contributed by atoms with van der Waals surface area (Å²) in [7, 11) is 0. The minimum atomic E-state index is -0.776. The molecule has 0 aliphatic carbocycles. The van der Waals surface area contributed by atoms with Gasteiger partial charge in [-0.2, -0.15) is 0 Å². The number of hydrogen-bond acceptors (Lipinski definition) is 6. The third kappa shape index (κ3) is 53.9. The lowest BCUT2D eigenvalue weighted by Crippen LogP contribution is -2.30. The van der Waals surface area contributed by atoms with Gasteiger partial charge in [0.25, 0.3) is 0 Å². The zero-order chi connectivity index (χ0) is 48.6. The van der Waals surface area contributed by atoms with Gasteiger partial charge in [0.15, 0.2) is 6.10 Å². The molecule has 0 saturated heterocycles. The quantitative estimate of drug-likeness (QED) is 0.0262. The van der Waals surface area contributed by atoms with Gasteiger partial charge in [-0.1, -0.05) is 242 Å². The Morgan fingerprint density at radius 3 is 0.851 bits per heavy atom. The highest BCUT2D eigenvalue weighted by Gasteiger charge is 2.19. The Morgan fingerprint density at radius 2 is 0.537 bits per heavy atom. The molecule has 0 aromatic rings. The van der Waals surface area contributed by atoms with Crippen LogP contribution in [0.1, 0.15) is 290 Å². The van der Waals surface area contributed by atoms with Crippen molar-refractivity contribution in [2.45, 2.75) is 297 Å². The molecule has 0 amide bonds. The van der Waals surface area contributed by atoms with Crippen LogP contribution in [0.4, 0.5) is 0 Å². The van der Waals surface area contributed by atoms with E-state index in [0.717, 1.165) is 83.5 Å². The van der Waals surface area contributed by atoms with Gasteiger partial charge in [0.05, 0.1) is 0 Å². The number of allylic oxidation sites excluding steroid dienone is 10. The van der Waals surface area contributed by atoms with Crippen LogP contribution in [0, 0.1) is 0 Å². The van der Waals surface area contributed by atoms with Crippen LogP contribution in [0.5, 0.6) is 0 Å². The van der Waals surface area contributed by atoms with E-state index in [0.29, 0.717) is 19.3 Å². The highest BCUT2D eigenvalue weighted by molar-refractivity contribution is 5.71. The van der Waals surface area contributed by atoms with Crippen LogP contribution in [0.2, 0.25) is 0 Å². The molecule has 1 atom stereocenters. The maximum atomic E-state index is 12.8. The molecule has 67 heavy (non-hydrogen) atoms. The number of esters is 3. The van der Waals surface area contributed by atoms with E-state index < -0.39 is 6.10 Å². The fourth-order valence-corrected chi connectivity index (χ4v) is 8.13. The molecule has 0 fully saturated rings. The molecular weight excluding hydrogens is 829 g/mol. The normalized spacial score (nSPS) is 12.5. The number of hydrogen-bond donors (Lipinski definition) is 0. The molecule has 0 heterocycles. The standard InChI is InChI=1S/C61H108O6/c1-4-7-10-13-16-18-20-22-24-26-28-29-30-31-32-33-34-36-37-39-41-43-45-48-51-54-60(63)66-57-58(56-65-59(62)53-50-47-15-12-9-6-3)67-61(64)55-52-49-46-44-42-40-38-35-27-25-23-21-19-17-14-11-8-5-2/h19-22,25-28,30-31,58H,4-18,23-24,29,32-57H2,1-3H3/b21-19-,22-20-,27-25-,28-26-,31-30-. The van der Waals surface area contributed by atoms with Crippen LogP contribution in [0.25, 0.3) is 0 Å². The second kappa shape index (κ2) is 55.7. The number of carbonyl (C=O) groups excluding carboxylic acids is 3. The number of rotatable bonds is 52. The molecule has 0 aliphatic heterocycles. The van der Waals surface area contributed by atoms with Gasteiger partial charge in [-0.05, 0) is 89.9 Å². The summed E-state index contributed by atoms with van der Waals surface area (Å²) >= 11 is 0. The number of ether oxygens (including phenoxy) is 3. The first-order valence-electron chi connectivity index (χ1n) is 28.8. The molecule has 0 radical (unpaired) electrons. The molecule has 0 rings (SSSR count). The molecule has 0 saturated carbocycles. The van der Waals surface area contributed by atoms with Crippen molar-refractivity contribution >= 4 is 17.9 Å². The zero-order valence-electron chi connectivity index (χ0n) is 44.4. The molecular formula is C61H108O6. The summed E-state index contributed by atoms with van der Waals surface area (Å²) in [6.07, 6.45) is 69.5. The Bertz CT molecular complexity index is 1210. The van der Waals surface area contributed by atoms with Crippen LogP contribution in [0.3, 0.4) is 0 Å². The first kappa shape index (κ1) is 64.1. The Balaban J connectivity index is 4.14. The van der Waals surface area contributed by atoms with Crippen molar-refractivity contribution in [1.29, 1.82) is 0 Å². The van der Waals surface area contributed by atoms with Gasteiger partial charge in [0, 0.05) is 19.3 Å². The van der Waals surface area contributed by atoms with E-state index in [-0.39, 0.29) is 31.1 Å². The van der Waals surface area contributed by atoms with E-state index in [2.05, 4.69) is 81.5 Å². The van der Waals surface area contributed by atoms with Gasteiger partial charge < -0.3 is 14.2 Å². The lowest BCUT2D eigenvalue weighted by atomic mass is 10.1. The fourth-order valence-electron chi connectivity index (χ4n) is 8.13. The summed E-state index contributed by atoms with van der Waals surface area (Å²) < 4.78 is 16.8. The summed E-state index contributed by atoms with van der Waals surface area (Å²) in [6.45, 7) is 6.56. The third-order valence-corrected chi connectivity index (χ3v) is 12.5. The predicted octanol–water partition coefficient (Wildman–Crippen LogP) is 19.2. The molecule has 388 valence electrons. The molecule has 0 N–H and O–H groups in total. The second-order valence-corrected chi connectivity index (χ2v) is 19.2. The maximum absolute atomic E-state index is 12.8. The summed E-state index contributed by atoms with van der Waals surface area (Å²) in [6, 6.07) is 0. The average molecular weight is 938 g/mol.